The van der Waals surface area contributed by atoms with Gasteiger partial charge in [-0.1, -0.05) is 43.3 Å². The molecule has 0 saturated heterocycles. The Morgan fingerprint density at radius 2 is 1.59 bits per heavy atom. The number of hydrogen-bond acceptors (Lipinski definition) is 4. The number of carbonyl (C=O) groups is 3. The number of para-hydroxylation sites is 1. The van der Waals surface area contributed by atoms with E-state index in [9.17, 15) is 9.18 Å². The minimum atomic E-state index is -1.82. The van der Waals surface area contributed by atoms with Crippen LogP contribution in [0.4, 0.5) is 10.1 Å². The van der Waals surface area contributed by atoms with Crippen molar-refractivity contribution in [1.29, 1.82) is 0 Å². The van der Waals surface area contributed by atoms with Gasteiger partial charge in [-0.2, -0.15) is 0 Å². The van der Waals surface area contributed by atoms with Crippen molar-refractivity contribution in [3.63, 3.8) is 0 Å². The zero-order valence-electron chi connectivity index (χ0n) is 16.6. The quantitative estimate of drug-likeness (QED) is 0.639. The van der Waals surface area contributed by atoms with Crippen LogP contribution >= 0.6 is 0 Å². The SMILES string of the molecule is CCc1cccc(C)c1NC(=O)CN(C)Cc1ccccc1F.O=C(O)C(=O)O. The van der Waals surface area contributed by atoms with Gasteiger partial charge in [0.2, 0.25) is 5.91 Å². The Bertz CT molecular complexity index is 858. The van der Waals surface area contributed by atoms with E-state index >= 15 is 0 Å². The third kappa shape index (κ3) is 8.10. The van der Waals surface area contributed by atoms with Gasteiger partial charge in [0.1, 0.15) is 5.82 Å². The number of aliphatic carboxylic acids is 2. The van der Waals surface area contributed by atoms with E-state index in [4.69, 9.17) is 19.8 Å². The minimum absolute atomic E-state index is 0.0900. The molecule has 0 aliphatic carbocycles. The predicted octanol–water partition coefficient (Wildman–Crippen LogP) is 2.92. The molecule has 0 saturated carbocycles. The van der Waals surface area contributed by atoms with E-state index < -0.39 is 11.9 Å². The molecule has 2 aromatic rings. The molecule has 0 aromatic heterocycles. The van der Waals surface area contributed by atoms with Gasteiger partial charge in [-0.3, -0.25) is 9.69 Å². The van der Waals surface area contributed by atoms with Gasteiger partial charge in [0.05, 0.1) is 6.54 Å². The Hall–Kier alpha value is -3.26. The zero-order chi connectivity index (χ0) is 22.0. The summed E-state index contributed by atoms with van der Waals surface area (Å²) < 4.78 is 13.7. The maximum Gasteiger partial charge on any atom is 0.414 e. The third-order valence-corrected chi connectivity index (χ3v) is 4.00. The summed E-state index contributed by atoms with van der Waals surface area (Å²) in [6.45, 7) is 4.66. The molecule has 2 aromatic carbocycles. The van der Waals surface area contributed by atoms with Gasteiger partial charge in [-0.05, 0) is 37.6 Å². The number of carboxylic acid groups (broad SMARTS) is 2. The fraction of sp³-hybridized carbons (Fsp3) is 0.286. The summed E-state index contributed by atoms with van der Waals surface area (Å²) in [5.41, 5.74) is 3.65. The highest BCUT2D eigenvalue weighted by Gasteiger charge is 2.12. The molecule has 1 amide bonds. The first-order chi connectivity index (χ1) is 13.6. The van der Waals surface area contributed by atoms with E-state index in [1.54, 1.807) is 23.1 Å². The van der Waals surface area contributed by atoms with Crippen molar-refractivity contribution in [1.82, 2.24) is 4.90 Å². The van der Waals surface area contributed by atoms with Gasteiger partial charge in [-0.25, -0.2) is 14.0 Å². The van der Waals surface area contributed by atoms with Crippen LogP contribution in [0.15, 0.2) is 42.5 Å². The standard InChI is InChI=1S/C19H23FN2O.C2H2O4/c1-4-15-10-7-8-14(2)19(15)21-18(23)13-22(3)12-16-9-5-6-11-17(16)20;3-1(4)2(5)6/h5-11H,4,12-13H2,1-3H3,(H,21,23);(H,3,4)(H,5,6). The summed E-state index contributed by atoms with van der Waals surface area (Å²) >= 11 is 0. The first-order valence-corrected chi connectivity index (χ1v) is 8.92. The molecule has 0 unspecified atom stereocenters. The van der Waals surface area contributed by atoms with Crippen LogP contribution in [0.2, 0.25) is 0 Å². The monoisotopic (exact) mass is 404 g/mol. The molecule has 0 fully saturated rings. The number of aryl methyl sites for hydroxylation is 2. The molecule has 156 valence electrons. The highest BCUT2D eigenvalue weighted by molar-refractivity contribution is 6.27. The van der Waals surface area contributed by atoms with Gasteiger partial charge >= 0.3 is 11.9 Å². The predicted molar refractivity (Wildman–Crippen MR) is 107 cm³/mol. The van der Waals surface area contributed by atoms with Crippen molar-refractivity contribution in [2.75, 3.05) is 18.9 Å². The Balaban J connectivity index is 0.000000612. The fourth-order valence-electron chi connectivity index (χ4n) is 2.60. The normalized spacial score (nSPS) is 10.1. The molecule has 8 heteroatoms. The second-order valence-corrected chi connectivity index (χ2v) is 6.38. The number of hydrogen-bond donors (Lipinski definition) is 3. The molecule has 0 aliphatic heterocycles. The van der Waals surface area contributed by atoms with E-state index in [1.807, 2.05) is 32.2 Å². The molecular formula is C21H25FN2O5. The molecule has 0 radical (unpaired) electrons. The van der Waals surface area contributed by atoms with E-state index in [0.717, 1.165) is 23.2 Å². The molecule has 0 spiro atoms. The van der Waals surface area contributed by atoms with Crippen LogP contribution in [-0.2, 0) is 27.3 Å². The van der Waals surface area contributed by atoms with Crippen molar-refractivity contribution in [3.05, 3.63) is 65.0 Å². The lowest BCUT2D eigenvalue weighted by Gasteiger charge is -2.18. The highest BCUT2D eigenvalue weighted by Crippen LogP contribution is 2.21. The molecule has 2 rings (SSSR count). The minimum Gasteiger partial charge on any atom is -0.473 e. The Labute approximate surface area is 168 Å². The van der Waals surface area contributed by atoms with Crippen LogP contribution in [0.1, 0.15) is 23.6 Å². The second kappa shape index (κ2) is 11.6. The summed E-state index contributed by atoms with van der Waals surface area (Å²) in [6.07, 6.45) is 0.863. The smallest absolute Gasteiger partial charge is 0.414 e. The van der Waals surface area contributed by atoms with Crippen molar-refractivity contribution in [2.24, 2.45) is 0 Å². The number of nitrogens with zero attached hydrogens (tertiary/aromatic N) is 1. The Morgan fingerprint density at radius 3 is 2.14 bits per heavy atom. The van der Waals surface area contributed by atoms with Crippen LogP contribution in [0.25, 0.3) is 0 Å². The zero-order valence-corrected chi connectivity index (χ0v) is 16.6. The molecule has 0 atom stereocenters. The number of likely N-dealkylation sites (N-methyl/N-ethyl adjacent to an activating group) is 1. The van der Waals surface area contributed by atoms with E-state index in [-0.39, 0.29) is 18.3 Å². The molecular weight excluding hydrogens is 379 g/mol. The van der Waals surface area contributed by atoms with Gasteiger partial charge < -0.3 is 15.5 Å². The molecule has 0 heterocycles. The summed E-state index contributed by atoms with van der Waals surface area (Å²) in [6, 6.07) is 12.6. The van der Waals surface area contributed by atoms with Crippen LogP contribution < -0.4 is 5.32 Å². The molecule has 7 nitrogen and oxygen atoms in total. The fourth-order valence-corrected chi connectivity index (χ4v) is 2.60. The lowest BCUT2D eigenvalue weighted by molar-refractivity contribution is -0.159. The molecule has 29 heavy (non-hydrogen) atoms. The summed E-state index contributed by atoms with van der Waals surface area (Å²) in [5.74, 6) is -3.98. The van der Waals surface area contributed by atoms with Crippen LogP contribution in [0.5, 0.6) is 0 Å². The second-order valence-electron chi connectivity index (χ2n) is 6.38. The molecule has 0 bridgehead atoms. The number of carbonyl (C=O) groups excluding carboxylic acids is 1. The third-order valence-electron chi connectivity index (χ3n) is 4.00. The number of anilines is 1. The average molecular weight is 404 g/mol. The number of nitrogens with one attached hydrogen (secondary N) is 1. The average Bonchev–Trinajstić information content (AvgIpc) is 2.65. The number of halogens is 1. The topological polar surface area (TPSA) is 107 Å². The van der Waals surface area contributed by atoms with Gasteiger partial charge in [0.15, 0.2) is 0 Å². The highest BCUT2D eigenvalue weighted by atomic mass is 19.1. The van der Waals surface area contributed by atoms with E-state index in [2.05, 4.69) is 12.2 Å². The first kappa shape index (κ1) is 23.8. The van der Waals surface area contributed by atoms with Crippen molar-refractivity contribution in [3.8, 4) is 0 Å². The Kier molecular flexibility index (Phi) is 9.47. The Morgan fingerprint density at radius 1 is 1.00 bits per heavy atom. The van der Waals surface area contributed by atoms with Gasteiger partial charge in [0.25, 0.3) is 0 Å². The van der Waals surface area contributed by atoms with E-state index in [0.29, 0.717) is 12.1 Å². The van der Waals surface area contributed by atoms with Crippen LogP contribution in [-0.4, -0.2) is 46.6 Å². The van der Waals surface area contributed by atoms with Crippen LogP contribution in [0, 0.1) is 12.7 Å². The summed E-state index contributed by atoms with van der Waals surface area (Å²) in [7, 11) is 1.81. The number of amides is 1. The van der Waals surface area contributed by atoms with Crippen molar-refractivity contribution < 1.29 is 29.0 Å². The lowest BCUT2D eigenvalue weighted by Crippen LogP contribution is -2.30. The maximum atomic E-state index is 13.7. The van der Waals surface area contributed by atoms with Gasteiger partial charge in [0, 0.05) is 17.8 Å². The summed E-state index contributed by atoms with van der Waals surface area (Å²) in [4.78, 5) is 32.3. The van der Waals surface area contributed by atoms with Gasteiger partial charge in [-0.15, -0.1) is 0 Å². The summed E-state index contributed by atoms with van der Waals surface area (Å²) in [5, 5.41) is 17.8. The largest absolute Gasteiger partial charge is 0.473 e. The maximum absolute atomic E-state index is 13.7. The van der Waals surface area contributed by atoms with Crippen molar-refractivity contribution in [2.45, 2.75) is 26.8 Å². The number of benzene rings is 2. The van der Waals surface area contributed by atoms with Crippen LogP contribution in [0.3, 0.4) is 0 Å². The lowest BCUT2D eigenvalue weighted by atomic mass is 10.1. The van der Waals surface area contributed by atoms with E-state index in [1.165, 1.54) is 6.07 Å². The number of rotatable bonds is 6. The molecule has 0 aliphatic rings. The van der Waals surface area contributed by atoms with Crippen molar-refractivity contribution >= 4 is 23.5 Å². The molecule has 3 N–H and O–H groups in total. The first-order valence-electron chi connectivity index (χ1n) is 8.92. The number of carboxylic acids is 2.